The number of rotatable bonds is 7. The molecule has 0 saturated carbocycles. The maximum atomic E-state index is 4.73. The van der Waals surface area contributed by atoms with Gasteiger partial charge in [0.15, 0.2) is 5.65 Å². The molecule has 0 saturated heterocycles. The van der Waals surface area contributed by atoms with Gasteiger partial charge in [-0.3, -0.25) is 0 Å². The molecule has 0 aromatic carbocycles. The molecule has 2 N–H and O–H groups in total. The molecule has 33 heavy (non-hydrogen) atoms. The molecule has 170 valence electrons. The van der Waals surface area contributed by atoms with Gasteiger partial charge in [0, 0.05) is 54.9 Å². The Kier molecular flexibility index (Phi) is 5.55. The van der Waals surface area contributed by atoms with Crippen LogP contribution in [0.25, 0.3) is 27.9 Å². The second-order valence-corrected chi connectivity index (χ2v) is 8.73. The number of aromatic amines is 1. The second kappa shape index (κ2) is 8.67. The maximum absolute atomic E-state index is 4.73. The first-order valence-electron chi connectivity index (χ1n) is 11.2. The van der Waals surface area contributed by atoms with E-state index in [1.54, 1.807) is 0 Å². The SMILES string of the molecule is Cc1cnc2ccc(-c3c[nH]c4nc(NC5=CCCC(N(C)CCN(C)C)=C5)ncc34)nn12. The zero-order valence-electron chi connectivity index (χ0n) is 19.5. The van der Waals surface area contributed by atoms with Crippen LogP contribution in [0.3, 0.4) is 0 Å². The van der Waals surface area contributed by atoms with Crippen LogP contribution in [-0.2, 0) is 0 Å². The lowest BCUT2D eigenvalue weighted by molar-refractivity contribution is 0.319. The highest BCUT2D eigenvalue weighted by molar-refractivity contribution is 5.92. The number of H-pyrrole nitrogens is 1. The summed E-state index contributed by atoms with van der Waals surface area (Å²) in [7, 11) is 6.35. The minimum absolute atomic E-state index is 0.574. The molecule has 0 radical (unpaired) electrons. The second-order valence-electron chi connectivity index (χ2n) is 8.73. The lowest BCUT2D eigenvalue weighted by atomic mass is 10.1. The fourth-order valence-corrected chi connectivity index (χ4v) is 4.01. The van der Waals surface area contributed by atoms with Gasteiger partial charge in [-0.25, -0.2) is 14.5 Å². The zero-order valence-corrected chi connectivity index (χ0v) is 19.5. The molecular weight excluding hydrogens is 414 g/mol. The molecule has 0 unspecified atom stereocenters. The van der Waals surface area contributed by atoms with Crippen LogP contribution in [0.1, 0.15) is 18.5 Å². The standard InChI is InChI=1S/C24H29N9/c1-16-13-25-22-9-8-21(30-33(16)22)19-14-26-23-20(19)15-27-24(29-23)28-17-6-5-7-18(12-17)32(4)11-10-31(2)3/h6,8-9,12-15H,5,7,10-11H2,1-4H3,(H2,26,27,28,29). The Morgan fingerprint density at radius 1 is 1.12 bits per heavy atom. The van der Waals surface area contributed by atoms with E-state index in [4.69, 9.17) is 10.1 Å². The average molecular weight is 444 g/mol. The van der Waals surface area contributed by atoms with E-state index < -0.39 is 0 Å². The Labute approximate surface area is 192 Å². The molecule has 9 heteroatoms. The molecule has 0 fully saturated rings. The third-order valence-electron chi connectivity index (χ3n) is 5.96. The monoisotopic (exact) mass is 443 g/mol. The van der Waals surface area contributed by atoms with Crippen LogP contribution in [0, 0.1) is 6.92 Å². The summed E-state index contributed by atoms with van der Waals surface area (Å²) in [6, 6.07) is 3.95. The summed E-state index contributed by atoms with van der Waals surface area (Å²) in [5, 5.41) is 9.04. The number of nitrogens with zero attached hydrogens (tertiary/aromatic N) is 7. The number of hydrogen-bond donors (Lipinski definition) is 2. The van der Waals surface area contributed by atoms with Crippen molar-refractivity contribution in [2.75, 3.05) is 39.5 Å². The van der Waals surface area contributed by atoms with Crippen LogP contribution in [0.4, 0.5) is 5.95 Å². The van der Waals surface area contributed by atoms with Crippen LogP contribution in [0.5, 0.6) is 0 Å². The van der Waals surface area contributed by atoms with Gasteiger partial charge in [0.05, 0.1) is 17.6 Å². The summed E-state index contributed by atoms with van der Waals surface area (Å²) in [5.41, 5.74) is 6.77. The van der Waals surface area contributed by atoms with Crippen LogP contribution in [0.15, 0.2) is 54.3 Å². The topological polar surface area (TPSA) is 90.3 Å². The van der Waals surface area contributed by atoms with E-state index in [2.05, 4.69) is 63.4 Å². The fraction of sp³-hybridized carbons (Fsp3) is 0.333. The van der Waals surface area contributed by atoms with E-state index in [0.29, 0.717) is 5.95 Å². The summed E-state index contributed by atoms with van der Waals surface area (Å²) in [5.74, 6) is 0.574. The number of imidazole rings is 1. The van der Waals surface area contributed by atoms with Crippen LogP contribution >= 0.6 is 0 Å². The van der Waals surface area contributed by atoms with E-state index >= 15 is 0 Å². The molecule has 5 rings (SSSR count). The first-order valence-corrected chi connectivity index (χ1v) is 11.2. The van der Waals surface area contributed by atoms with Crippen molar-refractivity contribution in [3.63, 3.8) is 0 Å². The van der Waals surface area contributed by atoms with Crippen molar-refractivity contribution in [1.29, 1.82) is 0 Å². The maximum Gasteiger partial charge on any atom is 0.229 e. The minimum atomic E-state index is 0.574. The highest BCUT2D eigenvalue weighted by Gasteiger charge is 2.14. The number of anilines is 1. The van der Waals surface area contributed by atoms with Crippen molar-refractivity contribution >= 4 is 22.6 Å². The quantitative estimate of drug-likeness (QED) is 0.452. The Bertz CT molecular complexity index is 1360. The predicted octanol–water partition coefficient (Wildman–Crippen LogP) is 3.44. The number of likely N-dealkylation sites (N-methyl/N-ethyl adjacent to an activating group) is 2. The van der Waals surface area contributed by atoms with Crippen molar-refractivity contribution in [3.8, 4) is 11.3 Å². The van der Waals surface area contributed by atoms with Gasteiger partial charge in [-0.05, 0) is 52.1 Å². The molecule has 0 aliphatic heterocycles. The lowest BCUT2D eigenvalue weighted by Gasteiger charge is -2.26. The lowest BCUT2D eigenvalue weighted by Crippen LogP contribution is -2.29. The molecule has 1 aliphatic carbocycles. The number of allylic oxidation sites excluding steroid dienone is 3. The number of hydrogen-bond acceptors (Lipinski definition) is 7. The fourth-order valence-electron chi connectivity index (χ4n) is 4.01. The van der Waals surface area contributed by atoms with E-state index in [0.717, 1.165) is 65.3 Å². The number of aromatic nitrogens is 6. The summed E-state index contributed by atoms with van der Waals surface area (Å²) in [6.07, 6.45) is 12.0. The van der Waals surface area contributed by atoms with Crippen molar-refractivity contribution < 1.29 is 0 Å². The smallest absolute Gasteiger partial charge is 0.229 e. The molecule has 0 atom stereocenters. The Balaban J connectivity index is 1.36. The first-order chi connectivity index (χ1) is 16.0. The molecule has 0 spiro atoms. The number of fused-ring (bicyclic) bond motifs is 2. The Morgan fingerprint density at radius 3 is 2.85 bits per heavy atom. The minimum Gasteiger partial charge on any atom is -0.377 e. The molecule has 4 aromatic heterocycles. The molecule has 4 heterocycles. The van der Waals surface area contributed by atoms with E-state index in [1.807, 2.05) is 42.2 Å². The Hall–Kier alpha value is -3.72. The zero-order chi connectivity index (χ0) is 22.9. The van der Waals surface area contributed by atoms with Gasteiger partial charge >= 0.3 is 0 Å². The van der Waals surface area contributed by atoms with Crippen LogP contribution < -0.4 is 5.32 Å². The summed E-state index contributed by atoms with van der Waals surface area (Å²) >= 11 is 0. The van der Waals surface area contributed by atoms with Crippen molar-refractivity contribution in [2.24, 2.45) is 0 Å². The summed E-state index contributed by atoms with van der Waals surface area (Å²) < 4.78 is 1.85. The highest BCUT2D eigenvalue weighted by atomic mass is 15.3. The molecule has 1 aliphatic rings. The normalized spacial score (nSPS) is 14.1. The van der Waals surface area contributed by atoms with E-state index in [-0.39, 0.29) is 0 Å². The number of nitrogens with one attached hydrogen (secondary N) is 2. The van der Waals surface area contributed by atoms with Crippen LogP contribution in [0.2, 0.25) is 0 Å². The van der Waals surface area contributed by atoms with E-state index in [9.17, 15) is 0 Å². The van der Waals surface area contributed by atoms with Gasteiger partial charge in [0.2, 0.25) is 5.95 Å². The summed E-state index contributed by atoms with van der Waals surface area (Å²) in [4.78, 5) is 21.4. The largest absolute Gasteiger partial charge is 0.377 e. The highest BCUT2D eigenvalue weighted by Crippen LogP contribution is 2.27. The summed E-state index contributed by atoms with van der Waals surface area (Å²) in [6.45, 7) is 4.02. The van der Waals surface area contributed by atoms with Crippen LogP contribution in [-0.4, -0.2) is 73.6 Å². The third kappa shape index (κ3) is 4.31. The average Bonchev–Trinajstić information content (AvgIpc) is 3.40. The van der Waals surface area contributed by atoms with Crippen molar-refractivity contribution in [3.05, 3.63) is 60.0 Å². The molecule has 9 nitrogen and oxygen atoms in total. The predicted molar refractivity (Wildman–Crippen MR) is 131 cm³/mol. The van der Waals surface area contributed by atoms with Gasteiger partial charge in [0.25, 0.3) is 0 Å². The molecule has 0 amide bonds. The third-order valence-corrected chi connectivity index (χ3v) is 5.96. The van der Waals surface area contributed by atoms with Crippen molar-refractivity contribution in [1.82, 2.24) is 39.3 Å². The molecule has 0 bridgehead atoms. The number of aryl methyl sites for hydroxylation is 1. The van der Waals surface area contributed by atoms with Crippen molar-refractivity contribution in [2.45, 2.75) is 19.8 Å². The molecule has 4 aromatic rings. The van der Waals surface area contributed by atoms with E-state index in [1.165, 1.54) is 5.70 Å². The Morgan fingerprint density at radius 2 is 2.00 bits per heavy atom. The van der Waals surface area contributed by atoms with Gasteiger partial charge in [-0.1, -0.05) is 6.08 Å². The first kappa shape index (κ1) is 21.1. The molecular formula is C24H29N9. The van der Waals surface area contributed by atoms with Gasteiger partial charge in [-0.2, -0.15) is 10.1 Å². The van der Waals surface area contributed by atoms with Gasteiger partial charge in [0.1, 0.15) is 5.65 Å². The van der Waals surface area contributed by atoms with Gasteiger partial charge in [-0.15, -0.1) is 0 Å². The van der Waals surface area contributed by atoms with Gasteiger partial charge < -0.3 is 20.1 Å².